The summed E-state index contributed by atoms with van der Waals surface area (Å²) in [6.45, 7) is 1.87. The lowest BCUT2D eigenvalue weighted by atomic mass is 10.2. The molecule has 1 saturated heterocycles. The van der Waals surface area contributed by atoms with E-state index in [-0.39, 0.29) is 16.0 Å². The zero-order valence-corrected chi connectivity index (χ0v) is 14.5. The third-order valence-electron chi connectivity index (χ3n) is 2.99. The van der Waals surface area contributed by atoms with E-state index in [0.29, 0.717) is 4.91 Å². The summed E-state index contributed by atoms with van der Waals surface area (Å²) in [6.07, 6.45) is 1.71. The lowest BCUT2D eigenvalue weighted by molar-refractivity contribution is -0.115. The summed E-state index contributed by atoms with van der Waals surface area (Å²) in [6, 6.07) is 10.2. The highest BCUT2D eigenvalue weighted by Gasteiger charge is 2.26. The summed E-state index contributed by atoms with van der Waals surface area (Å²) in [7, 11) is -3.84. The van der Waals surface area contributed by atoms with Gasteiger partial charge in [0.2, 0.25) is 0 Å². The molecule has 0 aliphatic carbocycles. The van der Waals surface area contributed by atoms with Gasteiger partial charge < -0.3 is 0 Å². The van der Waals surface area contributed by atoms with Gasteiger partial charge in [0.05, 0.1) is 9.80 Å². The predicted octanol–water partition coefficient (Wildman–Crippen LogP) is 3.01. The van der Waals surface area contributed by atoms with E-state index in [1.807, 2.05) is 24.4 Å². The second-order valence-electron chi connectivity index (χ2n) is 4.76. The van der Waals surface area contributed by atoms with Crippen LogP contribution < -0.4 is 5.32 Å². The van der Waals surface area contributed by atoms with Crippen LogP contribution in [0.4, 0.5) is 0 Å². The van der Waals surface area contributed by atoms with Crippen molar-refractivity contribution >= 4 is 50.3 Å². The first-order valence-corrected chi connectivity index (χ1v) is 9.74. The van der Waals surface area contributed by atoms with Gasteiger partial charge in [-0.15, -0.1) is 15.7 Å². The molecule has 0 atom stereocenters. The number of amidine groups is 1. The van der Waals surface area contributed by atoms with Crippen LogP contribution in [0.15, 0.2) is 56.0 Å². The molecule has 118 valence electrons. The largest absolute Gasteiger partial charge is 0.300 e. The number of hydrogen-bond donors (Lipinski definition) is 1. The SMILES string of the molecule is Cc1ccc(S(=O)(=O)/N=C2/NC(=O)/C(=C/c3cccs3)S2)cc1. The van der Waals surface area contributed by atoms with E-state index in [2.05, 4.69) is 9.71 Å². The summed E-state index contributed by atoms with van der Waals surface area (Å²) in [5.74, 6) is -0.346. The third kappa shape index (κ3) is 3.72. The van der Waals surface area contributed by atoms with Gasteiger partial charge in [0, 0.05) is 4.88 Å². The monoisotopic (exact) mass is 364 g/mol. The zero-order chi connectivity index (χ0) is 16.4. The molecule has 1 amide bonds. The summed E-state index contributed by atoms with van der Waals surface area (Å²) >= 11 is 2.52. The number of thioether (sulfide) groups is 1. The number of amides is 1. The Labute approximate surface area is 142 Å². The van der Waals surface area contributed by atoms with Crippen molar-refractivity contribution < 1.29 is 13.2 Å². The highest BCUT2D eigenvalue weighted by molar-refractivity contribution is 8.19. The Bertz CT molecular complexity index is 896. The van der Waals surface area contributed by atoms with Crippen LogP contribution in [0.5, 0.6) is 0 Å². The number of benzene rings is 1. The minimum Gasteiger partial charge on any atom is -0.300 e. The van der Waals surface area contributed by atoms with E-state index in [1.54, 1.807) is 18.2 Å². The maximum absolute atomic E-state index is 12.3. The molecule has 0 radical (unpaired) electrons. The van der Waals surface area contributed by atoms with Crippen molar-refractivity contribution in [1.82, 2.24) is 5.32 Å². The molecule has 1 aromatic carbocycles. The van der Waals surface area contributed by atoms with Crippen molar-refractivity contribution in [2.24, 2.45) is 4.40 Å². The molecule has 1 aromatic heterocycles. The second kappa shape index (κ2) is 6.31. The van der Waals surface area contributed by atoms with Crippen LogP contribution in [-0.2, 0) is 14.8 Å². The van der Waals surface area contributed by atoms with Crippen LogP contribution in [0, 0.1) is 6.92 Å². The van der Waals surface area contributed by atoms with E-state index in [4.69, 9.17) is 0 Å². The molecule has 3 rings (SSSR count). The molecular formula is C15H12N2O3S3. The number of hydrogen-bond acceptors (Lipinski definition) is 5. The standard InChI is InChI=1S/C15H12N2O3S3/c1-10-4-6-12(7-5-10)23(19,20)17-15-16-14(18)13(22-15)9-11-3-2-8-21-11/h2-9H,1H3,(H,16,17,18)/b13-9-. The van der Waals surface area contributed by atoms with Crippen molar-refractivity contribution in [3.05, 3.63) is 57.1 Å². The molecule has 1 aliphatic heterocycles. The fourth-order valence-electron chi connectivity index (χ4n) is 1.85. The lowest BCUT2D eigenvalue weighted by Crippen LogP contribution is -2.20. The molecule has 1 aliphatic rings. The summed E-state index contributed by atoms with van der Waals surface area (Å²) in [5, 5.41) is 4.46. The molecule has 5 nitrogen and oxygen atoms in total. The van der Waals surface area contributed by atoms with Gasteiger partial charge in [0.1, 0.15) is 0 Å². The number of thiophene rings is 1. The Kier molecular flexibility index (Phi) is 4.38. The molecule has 8 heteroatoms. The highest BCUT2D eigenvalue weighted by Crippen LogP contribution is 2.28. The van der Waals surface area contributed by atoms with Gasteiger partial charge in [-0.25, -0.2) is 0 Å². The van der Waals surface area contributed by atoms with Crippen molar-refractivity contribution in [2.75, 3.05) is 0 Å². The number of nitrogens with one attached hydrogen (secondary N) is 1. The first kappa shape index (κ1) is 16.0. The number of carbonyl (C=O) groups excluding carboxylic acids is 1. The number of aryl methyl sites for hydroxylation is 1. The van der Waals surface area contributed by atoms with Crippen LogP contribution in [-0.4, -0.2) is 19.5 Å². The molecule has 0 unspecified atom stereocenters. The average molecular weight is 364 g/mol. The maximum atomic E-state index is 12.3. The van der Waals surface area contributed by atoms with E-state index in [9.17, 15) is 13.2 Å². The van der Waals surface area contributed by atoms with E-state index < -0.39 is 10.0 Å². The van der Waals surface area contributed by atoms with E-state index in [0.717, 1.165) is 22.2 Å². The predicted molar refractivity (Wildman–Crippen MR) is 93.8 cm³/mol. The van der Waals surface area contributed by atoms with Crippen LogP contribution in [0.2, 0.25) is 0 Å². The van der Waals surface area contributed by atoms with Gasteiger partial charge in [-0.2, -0.15) is 8.42 Å². The molecule has 1 fully saturated rings. The number of sulfonamides is 1. The highest BCUT2D eigenvalue weighted by atomic mass is 32.2. The average Bonchev–Trinajstić information content (AvgIpc) is 3.10. The fraction of sp³-hybridized carbons (Fsp3) is 0.0667. The Balaban J connectivity index is 1.86. The Morgan fingerprint density at radius 1 is 1.17 bits per heavy atom. The van der Waals surface area contributed by atoms with Crippen molar-refractivity contribution in [1.29, 1.82) is 0 Å². The van der Waals surface area contributed by atoms with Crippen molar-refractivity contribution in [3.63, 3.8) is 0 Å². The Morgan fingerprint density at radius 2 is 1.91 bits per heavy atom. The first-order chi connectivity index (χ1) is 10.9. The van der Waals surface area contributed by atoms with E-state index in [1.165, 1.54) is 23.5 Å². The molecule has 0 spiro atoms. The maximum Gasteiger partial charge on any atom is 0.284 e. The Hall–Kier alpha value is -1.90. The Morgan fingerprint density at radius 3 is 2.57 bits per heavy atom. The molecule has 0 bridgehead atoms. The van der Waals surface area contributed by atoms with Gasteiger partial charge in [-0.05, 0) is 48.3 Å². The molecular weight excluding hydrogens is 352 g/mol. The fourth-order valence-corrected chi connectivity index (χ4v) is 4.55. The minimum atomic E-state index is -3.84. The van der Waals surface area contributed by atoms with Crippen LogP contribution >= 0.6 is 23.1 Å². The second-order valence-corrected chi connectivity index (χ2v) is 8.38. The number of rotatable bonds is 3. The molecule has 0 saturated carbocycles. The van der Waals surface area contributed by atoms with Crippen molar-refractivity contribution in [2.45, 2.75) is 11.8 Å². The minimum absolute atomic E-state index is 0.0679. The smallest absolute Gasteiger partial charge is 0.284 e. The summed E-state index contributed by atoms with van der Waals surface area (Å²) in [5.41, 5.74) is 0.960. The summed E-state index contributed by atoms with van der Waals surface area (Å²) < 4.78 is 28.2. The van der Waals surface area contributed by atoms with Gasteiger partial charge in [-0.1, -0.05) is 23.8 Å². The molecule has 2 aromatic rings. The van der Waals surface area contributed by atoms with Gasteiger partial charge >= 0.3 is 0 Å². The van der Waals surface area contributed by atoms with Gasteiger partial charge in [0.25, 0.3) is 15.9 Å². The zero-order valence-electron chi connectivity index (χ0n) is 12.0. The lowest BCUT2D eigenvalue weighted by Gasteiger charge is -2.00. The molecule has 1 N–H and O–H groups in total. The van der Waals surface area contributed by atoms with E-state index >= 15 is 0 Å². The number of nitrogens with zero attached hydrogens (tertiary/aromatic N) is 1. The third-order valence-corrected chi connectivity index (χ3v) is 6.12. The quantitative estimate of drug-likeness (QED) is 0.850. The topological polar surface area (TPSA) is 75.6 Å². The van der Waals surface area contributed by atoms with Crippen molar-refractivity contribution in [3.8, 4) is 0 Å². The molecule has 23 heavy (non-hydrogen) atoms. The number of carbonyl (C=O) groups is 1. The van der Waals surface area contributed by atoms with Crippen LogP contribution in [0.1, 0.15) is 10.4 Å². The normalized spacial score (nSPS) is 18.6. The van der Waals surface area contributed by atoms with Gasteiger partial charge in [0.15, 0.2) is 5.17 Å². The van der Waals surface area contributed by atoms with Gasteiger partial charge in [-0.3, -0.25) is 10.1 Å². The summed E-state index contributed by atoms with van der Waals surface area (Å²) in [4.78, 5) is 13.3. The first-order valence-electron chi connectivity index (χ1n) is 6.60. The van der Waals surface area contributed by atoms with Crippen LogP contribution in [0.3, 0.4) is 0 Å². The molecule has 2 heterocycles. The van der Waals surface area contributed by atoms with Crippen LogP contribution in [0.25, 0.3) is 6.08 Å².